The van der Waals surface area contributed by atoms with Gasteiger partial charge in [0, 0.05) is 63.0 Å². The first-order valence-electron chi connectivity index (χ1n) is 11.4. The summed E-state index contributed by atoms with van der Waals surface area (Å²) in [7, 11) is 4.01. The minimum absolute atomic E-state index is 0.139. The highest BCUT2D eigenvalue weighted by Crippen LogP contribution is 2.55. The van der Waals surface area contributed by atoms with Gasteiger partial charge >= 0.3 is 0 Å². The summed E-state index contributed by atoms with van der Waals surface area (Å²) in [5.74, 6) is 1.07. The Morgan fingerprint density at radius 2 is 1.68 bits per heavy atom. The van der Waals surface area contributed by atoms with Gasteiger partial charge in [-0.3, -0.25) is 9.69 Å². The number of hydrogen-bond acceptors (Lipinski definition) is 4. The molecule has 2 heterocycles. The molecule has 166 valence electrons. The first kappa shape index (κ1) is 21.7. The van der Waals surface area contributed by atoms with E-state index in [2.05, 4.69) is 30.9 Å². The highest BCUT2D eigenvalue weighted by atomic mass is 16.3. The number of nitrogens with zero attached hydrogens (tertiary/aromatic N) is 3. The van der Waals surface area contributed by atoms with Crippen molar-refractivity contribution in [2.75, 3.05) is 45.2 Å². The summed E-state index contributed by atoms with van der Waals surface area (Å²) in [6.07, 6.45) is 2.04. The van der Waals surface area contributed by atoms with Gasteiger partial charge in [0.25, 0.3) is 5.91 Å². The van der Waals surface area contributed by atoms with Gasteiger partial charge in [-0.15, -0.1) is 0 Å². The second-order valence-corrected chi connectivity index (χ2v) is 9.91. The Morgan fingerprint density at radius 3 is 2.23 bits per heavy atom. The second-order valence-electron chi connectivity index (χ2n) is 9.91. The maximum atomic E-state index is 13.1. The summed E-state index contributed by atoms with van der Waals surface area (Å²) in [6.45, 7) is 8.31. The molecule has 5 heteroatoms. The van der Waals surface area contributed by atoms with E-state index in [1.807, 2.05) is 48.2 Å². The highest BCUT2D eigenvalue weighted by molar-refractivity contribution is 5.94. The maximum Gasteiger partial charge on any atom is 0.253 e. The molecule has 2 aromatic carbocycles. The van der Waals surface area contributed by atoms with Crippen LogP contribution in [0.1, 0.15) is 48.7 Å². The number of likely N-dealkylation sites (tertiary alicyclic amines) is 2. The van der Waals surface area contributed by atoms with Crippen molar-refractivity contribution in [3.63, 3.8) is 0 Å². The van der Waals surface area contributed by atoms with Gasteiger partial charge in [-0.2, -0.15) is 0 Å². The number of anilines is 1. The number of benzene rings is 2. The number of rotatable bonds is 5. The molecule has 1 amide bonds. The van der Waals surface area contributed by atoms with E-state index in [0.717, 1.165) is 50.3 Å². The standard InChI is InChI=1S/C26H35N3O2/c1-19(2)17-29-18-26(24(29)20-7-11-23(30)12-8-20)13-15-28(16-14-26)25(31)21-5-9-22(10-6-21)27(3)4/h5-12,19,24,30H,13-18H2,1-4H3. The van der Waals surface area contributed by atoms with Crippen LogP contribution in [0.4, 0.5) is 5.69 Å². The molecule has 5 nitrogen and oxygen atoms in total. The van der Waals surface area contributed by atoms with Crippen molar-refractivity contribution >= 4 is 11.6 Å². The normalized spacial score (nSPS) is 20.7. The minimum Gasteiger partial charge on any atom is -0.508 e. The van der Waals surface area contributed by atoms with Crippen LogP contribution in [0.25, 0.3) is 0 Å². The van der Waals surface area contributed by atoms with E-state index >= 15 is 0 Å². The van der Waals surface area contributed by atoms with Gasteiger partial charge in [0.05, 0.1) is 0 Å². The Labute approximate surface area is 186 Å². The van der Waals surface area contributed by atoms with Crippen molar-refractivity contribution in [1.82, 2.24) is 9.80 Å². The van der Waals surface area contributed by atoms with Crippen LogP contribution in [0.5, 0.6) is 5.75 Å². The lowest BCUT2D eigenvalue weighted by atomic mass is 9.63. The predicted molar refractivity (Wildman–Crippen MR) is 126 cm³/mol. The number of carbonyl (C=O) groups is 1. The molecule has 2 aromatic rings. The third-order valence-corrected chi connectivity index (χ3v) is 6.95. The van der Waals surface area contributed by atoms with Gasteiger partial charge in [-0.1, -0.05) is 26.0 Å². The van der Waals surface area contributed by atoms with Gasteiger partial charge in [0.2, 0.25) is 0 Å². The van der Waals surface area contributed by atoms with Crippen LogP contribution < -0.4 is 4.90 Å². The Balaban J connectivity index is 1.46. The van der Waals surface area contributed by atoms with Crippen LogP contribution >= 0.6 is 0 Å². The SMILES string of the molecule is CC(C)CN1CC2(CCN(C(=O)c3ccc(N(C)C)cc3)CC2)C1c1ccc(O)cc1. The van der Waals surface area contributed by atoms with E-state index in [0.29, 0.717) is 17.7 Å². The minimum atomic E-state index is 0.139. The third kappa shape index (κ3) is 4.29. The van der Waals surface area contributed by atoms with Crippen molar-refractivity contribution in [1.29, 1.82) is 0 Å². The zero-order valence-corrected chi connectivity index (χ0v) is 19.2. The number of amides is 1. The molecule has 31 heavy (non-hydrogen) atoms. The Kier molecular flexibility index (Phi) is 5.98. The average molecular weight is 422 g/mol. The van der Waals surface area contributed by atoms with Gasteiger partial charge in [-0.25, -0.2) is 0 Å². The molecule has 1 unspecified atom stereocenters. The summed E-state index contributed by atoms with van der Waals surface area (Å²) in [5.41, 5.74) is 3.37. The second kappa shape index (κ2) is 8.54. The average Bonchev–Trinajstić information content (AvgIpc) is 2.74. The van der Waals surface area contributed by atoms with Gasteiger partial charge in [0.1, 0.15) is 5.75 Å². The number of hydrogen-bond donors (Lipinski definition) is 1. The summed E-state index contributed by atoms with van der Waals surface area (Å²) >= 11 is 0. The topological polar surface area (TPSA) is 47.0 Å². The van der Waals surface area contributed by atoms with Crippen LogP contribution in [0.2, 0.25) is 0 Å². The molecule has 2 aliphatic heterocycles. The molecule has 0 aliphatic carbocycles. The number of piperidine rings is 1. The van der Waals surface area contributed by atoms with Crippen molar-refractivity contribution in [3.8, 4) is 5.75 Å². The Hall–Kier alpha value is -2.53. The molecule has 2 aliphatic rings. The van der Waals surface area contributed by atoms with E-state index in [1.54, 1.807) is 12.1 Å². The molecule has 1 N–H and O–H groups in total. The number of phenolic OH excluding ortho intramolecular Hbond substituents is 1. The Bertz CT molecular complexity index is 897. The third-order valence-electron chi connectivity index (χ3n) is 6.95. The van der Waals surface area contributed by atoms with E-state index < -0.39 is 0 Å². The monoisotopic (exact) mass is 421 g/mol. The summed E-state index contributed by atoms with van der Waals surface area (Å²) in [5, 5.41) is 9.73. The maximum absolute atomic E-state index is 13.1. The van der Waals surface area contributed by atoms with Crippen LogP contribution in [-0.2, 0) is 0 Å². The number of phenols is 1. The fourth-order valence-electron chi connectivity index (χ4n) is 5.39. The summed E-state index contributed by atoms with van der Waals surface area (Å²) in [6, 6.07) is 16.0. The first-order chi connectivity index (χ1) is 14.8. The largest absolute Gasteiger partial charge is 0.508 e. The molecule has 1 atom stereocenters. The molecule has 0 saturated carbocycles. The van der Waals surface area contributed by atoms with Crippen LogP contribution in [-0.4, -0.2) is 61.1 Å². The van der Waals surface area contributed by atoms with E-state index in [9.17, 15) is 9.90 Å². The van der Waals surface area contributed by atoms with E-state index in [-0.39, 0.29) is 11.3 Å². The quantitative estimate of drug-likeness (QED) is 0.778. The van der Waals surface area contributed by atoms with Crippen molar-refractivity contribution in [3.05, 3.63) is 59.7 Å². The fraction of sp³-hybridized carbons (Fsp3) is 0.500. The summed E-state index contributed by atoms with van der Waals surface area (Å²) in [4.78, 5) is 19.7. The van der Waals surface area contributed by atoms with Crippen molar-refractivity contribution < 1.29 is 9.90 Å². The molecule has 0 radical (unpaired) electrons. The van der Waals surface area contributed by atoms with Crippen LogP contribution in [0.3, 0.4) is 0 Å². The van der Waals surface area contributed by atoms with E-state index in [4.69, 9.17) is 0 Å². The fourth-order valence-corrected chi connectivity index (χ4v) is 5.39. The number of carbonyl (C=O) groups excluding carboxylic acids is 1. The van der Waals surface area contributed by atoms with Gasteiger partial charge < -0.3 is 14.9 Å². The first-order valence-corrected chi connectivity index (χ1v) is 11.4. The van der Waals surface area contributed by atoms with Crippen molar-refractivity contribution in [2.24, 2.45) is 11.3 Å². The lowest BCUT2D eigenvalue weighted by Crippen LogP contribution is -2.63. The predicted octanol–water partition coefficient (Wildman–Crippen LogP) is 4.39. The summed E-state index contributed by atoms with van der Waals surface area (Å²) < 4.78 is 0. The lowest BCUT2D eigenvalue weighted by molar-refractivity contribution is -0.112. The van der Waals surface area contributed by atoms with Gasteiger partial charge in [0.15, 0.2) is 0 Å². The van der Waals surface area contributed by atoms with E-state index in [1.165, 1.54) is 5.56 Å². The van der Waals surface area contributed by atoms with Crippen molar-refractivity contribution in [2.45, 2.75) is 32.7 Å². The molecule has 2 fully saturated rings. The smallest absolute Gasteiger partial charge is 0.253 e. The molecule has 2 saturated heterocycles. The molecular weight excluding hydrogens is 386 g/mol. The lowest BCUT2D eigenvalue weighted by Gasteiger charge is -2.61. The molecule has 0 bridgehead atoms. The number of aromatic hydroxyl groups is 1. The van der Waals surface area contributed by atoms with Gasteiger partial charge in [-0.05, 0) is 60.7 Å². The molecule has 0 aromatic heterocycles. The zero-order chi connectivity index (χ0) is 22.2. The Morgan fingerprint density at radius 1 is 1.06 bits per heavy atom. The van der Waals surface area contributed by atoms with Crippen LogP contribution in [0, 0.1) is 11.3 Å². The zero-order valence-electron chi connectivity index (χ0n) is 19.2. The molecule has 1 spiro atoms. The molecule has 4 rings (SSSR count). The highest BCUT2D eigenvalue weighted by Gasteiger charge is 2.54. The molecular formula is C26H35N3O2. The van der Waals surface area contributed by atoms with Crippen LogP contribution in [0.15, 0.2) is 48.5 Å².